The molecule has 0 radical (unpaired) electrons. The van der Waals surface area contributed by atoms with E-state index in [9.17, 15) is 14.0 Å². The lowest BCUT2D eigenvalue weighted by atomic mass is 10.1. The number of carbonyl (C=O) groups is 2. The van der Waals surface area contributed by atoms with E-state index in [1.165, 1.54) is 12.1 Å². The molecule has 4 rings (SSSR count). The Kier molecular flexibility index (Phi) is 5.99. The third-order valence-corrected chi connectivity index (χ3v) is 6.02. The molecule has 0 saturated carbocycles. The molecule has 0 bridgehead atoms. The number of nitrogens with zero attached hydrogens (tertiary/aromatic N) is 2. The standard InChI is InChI=1S/C23H22FN3O2S/c1-15-12-20(19-7-4-17(24)14-21(19)25-15)23(29)26-18-5-2-16(3-6-18)13-22(28)27-8-10-30-11-9-27/h2-7,12,14H,8-11,13H2,1H3,(H,26,29). The second-order valence-corrected chi connectivity index (χ2v) is 8.52. The molecule has 5 nitrogen and oxygen atoms in total. The number of halogens is 1. The van der Waals surface area contributed by atoms with E-state index in [1.807, 2.05) is 28.8 Å². The largest absolute Gasteiger partial charge is 0.341 e. The lowest BCUT2D eigenvalue weighted by molar-refractivity contribution is -0.130. The molecule has 154 valence electrons. The molecule has 2 amide bonds. The van der Waals surface area contributed by atoms with E-state index in [2.05, 4.69) is 10.3 Å². The van der Waals surface area contributed by atoms with Gasteiger partial charge in [0.25, 0.3) is 5.91 Å². The average Bonchev–Trinajstić information content (AvgIpc) is 2.74. The molecular formula is C23H22FN3O2S. The maximum Gasteiger partial charge on any atom is 0.256 e. The summed E-state index contributed by atoms with van der Waals surface area (Å²) in [6.07, 6.45) is 0.360. The number of hydrogen-bond acceptors (Lipinski definition) is 4. The number of anilines is 1. The fourth-order valence-electron chi connectivity index (χ4n) is 3.53. The van der Waals surface area contributed by atoms with Crippen LogP contribution < -0.4 is 5.32 Å². The zero-order chi connectivity index (χ0) is 21.1. The van der Waals surface area contributed by atoms with Gasteiger partial charge in [-0.25, -0.2) is 4.39 Å². The van der Waals surface area contributed by atoms with E-state index in [0.717, 1.165) is 30.2 Å². The highest BCUT2D eigenvalue weighted by molar-refractivity contribution is 7.99. The maximum absolute atomic E-state index is 13.5. The Morgan fingerprint density at radius 2 is 1.83 bits per heavy atom. The van der Waals surface area contributed by atoms with Crippen molar-refractivity contribution in [2.45, 2.75) is 13.3 Å². The van der Waals surface area contributed by atoms with Crippen molar-refractivity contribution < 1.29 is 14.0 Å². The van der Waals surface area contributed by atoms with Crippen LogP contribution >= 0.6 is 11.8 Å². The predicted octanol–water partition coefficient (Wildman–Crippen LogP) is 4.05. The van der Waals surface area contributed by atoms with Crippen LogP contribution in [-0.2, 0) is 11.2 Å². The molecule has 0 spiro atoms. The van der Waals surface area contributed by atoms with Crippen molar-refractivity contribution in [1.29, 1.82) is 0 Å². The van der Waals surface area contributed by atoms with Crippen LogP contribution in [0.25, 0.3) is 10.9 Å². The molecule has 30 heavy (non-hydrogen) atoms. The van der Waals surface area contributed by atoms with Crippen LogP contribution in [0.5, 0.6) is 0 Å². The summed E-state index contributed by atoms with van der Waals surface area (Å²) in [5, 5.41) is 3.48. The van der Waals surface area contributed by atoms with Crippen molar-refractivity contribution in [3.63, 3.8) is 0 Å². The third kappa shape index (κ3) is 4.62. The van der Waals surface area contributed by atoms with Gasteiger partial charge in [0, 0.05) is 47.4 Å². The topological polar surface area (TPSA) is 62.3 Å². The van der Waals surface area contributed by atoms with Crippen molar-refractivity contribution >= 4 is 40.2 Å². The molecule has 0 aliphatic carbocycles. The van der Waals surface area contributed by atoms with Gasteiger partial charge in [0.1, 0.15) is 5.82 Å². The number of benzene rings is 2. The van der Waals surface area contributed by atoms with Crippen LogP contribution in [0, 0.1) is 12.7 Å². The zero-order valence-electron chi connectivity index (χ0n) is 16.7. The maximum atomic E-state index is 13.5. The number of carbonyl (C=O) groups excluding carboxylic acids is 2. The van der Waals surface area contributed by atoms with E-state index >= 15 is 0 Å². The van der Waals surface area contributed by atoms with Gasteiger partial charge in [-0.05, 0) is 42.8 Å². The highest BCUT2D eigenvalue weighted by Gasteiger charge is 2.17. The summed E-state index contributed by atoms with van der Waals surface area (Å²) in [5.41, 5.74) is 3.08. The van der Waals surface area contributed by atoms with Gasteiger partial charge in [0.2, 0.25) is 5.91 Å². The van der Waals surface area contributed by atoms with Crippen LogP contribution in [0.4, 0.5) is 10.1 Å². The molecule has 7 heteroatoms. The van der Waals surface area contributed by atoms with Crippen molar-refractivity contribution in [1.82, 2.24) is 9.88 Å². The summed E-state index contributed by atoms with van der Waals surface area (Å²) in [6, 6.07) is 13.2. The van der Waals surface area contributed by atoms with Gasteiger partial charge >= 0.3 is 0 Å². The van der Waals surface area contributed by atoms with E-state index in [1.54, 1.807) is 31.2 Å². The second kappa shape index (κ2) is 8.83. The summed E-state index contributed by atoms with van der Waals surface area (Å²) < 4.78 is 13.5. The lowest BCUT2D eigenvalue weighted by Crippen LogP contribution is -2.38. The number of pyridine rings is 1. The normalized spacial score (nSPS) is 14.0. The van der Waals surface area contributed by atoms with Gasteiger partial charge in [0.05, 0.1) is 17.5 Å². The Labute approximate surface area is 178 Å². The molecule has 1 aliphatic heterocycles. The summed E-state index contributed by atoms with van der Waals surface area (Å²) in [4.78, 5) is 31.5. The number of aryl methyl sites for hydroxylation is 1. The minimum Gasteiger partial charge on any atom is -0.341 e. The molecule has 2 heterocycles. The van der Waals surface area contributed by atoms with Crippen molar-refractivity contribution in [2.24, 2.45) is 0 Å². The van der Waals surface area contributed by atoms with Gasteiger partial charge < -0.3 is 10.2 Å². The summed E-state index contributed by atoms with van der Waals surface area (Å²) in [6.45, 7) is 3.38. The average molecular weight is 424 g/mol. The van der Waals surface area contributed by atoms with Crippen molar-refractivity contribution in [3.8, 4) is 0 Å². The van der Waals surface area contributed by atoms with Gasteiger partial charge in [-0.15, -0.1) is 0 Å². The first-order valence-electron chi connectivity index (χ1n) is 9.82. The molecule has 0 unspecified atom stereocenters. The van der Waals surface area contributed by atoms with Gasteiger partial charge in [0.15, 0.2) is 0 Å². The molecule has 2 aromatic carbocycles. The van der Waals surface area contributed by atoms with Crippen molar-refractivity contribution in [2.75, 3.05) is 29.9 Å². The quantitative estimate of drug-likeness (QED) is 0.688. The van der Waals surface area contributed by atoms with Crippen LogP contribution in [0.15, 0.2) is 48.5 Å². The molecule has 3 aromatic rings. The van der Waals surface area contributed by atoms with E-state index in [0.29, 0.717) is 34.3 Å². The fraction of sp³-hybridized carbons (Fsp3) is 0.261. The third-order valence-electron chi connectivity index (χ3n) is 5.08. The highest BCUT2D eigenvalue weighted by atomic mass is 32.2. The van der Waals surface area contributed by atoms with Gasteiger partial charge in [-0.1, -0.05) is 12.1 Å². The van der Waals surface area contributed by atoms with E-state index in [-0.39, 0.29) is 17.6 Å². The summed E-state index contributed by atoms with van der Waals surface area (Å²) in [5.74, 6) is 1.45. The van der Waals surface area contributed by atoms with Gasteiger partial charge in [-0.2, -0.15) is 11.8 Å². The van der Waals surface area contributed by atoms with Crippen LogP contribution in [-0.4, -0.2) is 46.3 Å². The lowest BCUT2D eigenvalue weighted by Gasteiger charge is -2.26. The summed E-state index contributed by atoms with van der Waals surface area (Å²) in [7, 11) is 0. The Bertz CT molecular complexity index is 1090. The molecule has 1 fully saturated rings. The summed E-state index contributed by atoms with van der Waals surface area (Å²) >= 11 is 1.87. The van der Waals surface area contributed by atoms with E-state index in [4.69, 9.17) is 0 Å². The molecule has 1 aromatic heterocycles. The molecule has 1 N–H and O–H groups in total. The zero-order valence-corrected chi connectivity index (χ0v) is 17.5. The monoisotopic (exact) mass is 423 g/mol. The molecule has 1 aliphatic rings. The van der Waals surface area contributed by atoms with Gasteiger partial charge in [-0.3, -0.25) is 14.6 Å². The van der Waals surface area contributed by atoms with Crippen LogP contribution in [0.2, 0.25) is 0 Å². The number of hydrogen-bond donors (Lipinski definition) is 1. The van der Waals surface area contributed by atoms with Crippen LogP contribution in [0.3, 0.4) is 0 Å². The molecule has 0 atom stereocenters. The second-order valence-electron chi connectivity index (χ2n) is 7.29. The Balaban J connectivity index is 1.46. The first-order valence-corrected chi connectivity index (χ1v) is 11.0. The number of fused-ring (bicyclic) bond motifs is 1. The fourth-order valence-corrected chi connectivity index (χ4v) is 4.43. The smallest absolute Gasteiger partial charge is 0.256 e. The molecular weight excluding hydrogens is 401 g/mol. The number of nitrogens with one attached hydrogen (secondary N) is 1. The van der Waals surface area contributed by atoms with Crippen molar-refractivity contribution in [3.05, 3.63) is 71.2 Å². The SMILES string of the molecule is Cc1cc(C(=O)Nc2ccc(CC(=O)N3CCSCC3)cc2)c2ccc(F)cc2n1. The minimum absolute atomic E-state index is 0.137. The first kappa shape index (κ1) is 20.3. The number of aromatic nitrogens is 1. The minimum atomic E-state index is -0.389. The predicted molar refractivity (Wildman–Crippen MR) is 118 cm³/mol. The Morgan fingerprint density at radius 3 is 2.57 bits per heavy atom. The number of amides is 2. The number of rotatable bonds is 4. The number of thioether (sulfide) groups is 1. The van der Waals surface area contributed by atoms with Crippen LogP contribution in [0.1, 0.15) is 21.6 Å². The first-order chi connectivity index (χ1) is 14.5. The Hall–Kier alpha value is -2.93. The highest BCUT2D eigenvalue weighted by Crippen LogP contribution is 2.21. The van der Waals surface area contributed by atoms with E-state index < -0.39 is 0 Å². The Morgan fingerprint density at radius 1 is 1.10 bits per heavy atom. The molecule has 1 saturated heterocycles.